The van der Waals surface area contributed by atoms with Crippen LogP contribution in [0.15, 0.2) is 63.8 Å². The molecule has 2 aromatic heterocycles. The van der Waals surface area contributed by atoms with E-state index in [1.807, 2.05) is 49.4 Å². The fraction of sp³-hybridized carbons (Fsp3) is 0.276. The van der Waals surface area contributed by atoms with E-state index in [9.17, 15) is 9.59 Å². The van der Waals surface area contributed by atoms with Crippen LogP contribution < -0.4 is 10.5 Å². The SMILES string of the molecule is Cc1ccc(Cl)c2sc(N(CCCN3CCOCC3)C(=O)c3cc4c(ccc5ccccc54)oc3=O)nc12.Cl. The van der Waals surface area contributed by atoms with Crippen LogP contribution >= 0.6 is 35.3 Å². The Kier molecular flexibility index (Phi) is 8.21. The van der Waals surface area contributed by atoms with E-state index in [0.717, 1.165) is 58.0 Å². The molecule has 3 heterocycles. The highest BCUT2D eigenvalue weighted by atomic mass is 35.5. The summed E-state index contributed by atoms with van der Waals surface area (Å²) < 4.78 is 11.9. The van der Waals surface area contributed by atoms with E-state index in [1.54, 1.807) is 17.0 Å². The first-order valence-electron chi connectivity index (χ1n) is 12.6. The van der Waals surface area contributed by atoms with Gasteiger partial charge in [0.2, 0.25) is 0 Å². The summed E-state index contributed by atoms with van der Waals surface area (Å²) in [6.45, 7) is 6.34. The normalized spacial score (nSPS) is 14.1. The third-order valence-corrected chi connectivity index (χ3v) is 8.53. The van der Waals surface area contributed by atoms with Crippen molar-refractivity contribution in [3.05, 3.63) is 81.2 Å². The number of hydrogen-bond donors (Lipinski definition) is 0. The standard InChI is InChI=1S/C29H26ClN3O4S.ClH/c1-18-7-9-23(30)26-25(18)31-29(38-26)33(12-4-11-32-13-15-36-16-14-32)27(34)22-17-21-20-6-3-2-5-19(20)8-10-24(21)37-28(22)35;/h2-3,5-10,17H,4,11-16H2,1H3;1H. The minimum atomic E-state index is -0.661. The second kappa shape index (κ2) is 11.6. The van der Waals surface area contributed by atoms with Crippen LogP contribution in [0.2, 0.25) is 5.02 Å². The molecule has 0 saturated carbocycles. The molecule has 10 heteroatoms. The molecular formula is C29H27Cl2N3O4S. The van der Waals surface area contributed by atoms with E-state index < -0.39 is 11.5 Å². The zero-order chi connectivity index (χ0) is 26.2. The van der Waals surface area contributed by atoms with Crippen LogP contribution in [0.1, 0.15) is 22.3 Å². The van der Waals surface area contributed by atoms with Crippen LogP contribution in [0.3, 0.4) is 0 Å². The number of ether oxygens (including phenoxy) is 1. The number of hydrogen-bond acceptors (Lipinski definition) is 7. The lowest BCUT2D eigenvalue weighted by Gasteiger charge is -2.27. The molecule has 1 saturated heterocycles. The van der Waals surface area contributed by atoms with Crippen LogP contribution in [-0.2, 0) is 4.74 Å². The van der Waals surface area contributed by atoms with Gasteiger partial charge in [-0.05, 0) is 47.9 Å². The number of nitrogens with zero attached hydrogens (tertiary/aromatic N) is 3. The summed E-state index contributed by atoms with van der Waals surface area (Å²) in [5.41, 5.74) is 1.52. The molecule has 0 radical (unpaired) electrons. The van der Waals surface area contributed by atoms with E-state index in [4.69, 9.17) is 25.7 Å². The van der Waals surface area contributed by atoms with Crippen LogP contribution in [0.4, 0.5) is 5.13 Å². The summed E-state index contributed by atoms with van der Waals surface area (Å²) in [6.07, 6.45) is 0.718. The summed E-state index contributed by atoms with van der Waals surface area (Å²) in [7, 11) is 0. The molecular weight excluding hydrogens is 557 g/mol. The minimum Gasteiger partial charge on any atom is -0.422 e. The Morgan fingerprint density at radius 2 is 1.90 bits per heavy atom. The molecule has 1 aliphatic heterocycles. The Labute approximate surface area is 240 Å². The second-order valence-corrected chi connectivity index (χ2v) is 10.8. The van der Waals surface area contributed by atoms with Gasteiger partial charge in [0.15, 0.2) is 5.13 Å². The van der Waals surface area contributed by atoms with Crippen molar-refractivity contribution in [2.45, 2.75) is 13.3 Å². The molecule has 0 N–H and O–H groups in total. The van der Waals surface area contributed by atoms with Gasteiger partial charge in [-0.25, -0.2) is 9.78 Å². The van der Waals surface area contributed by atoms with Crippen molar-refractivity contribution in [3.63, 3.8) is 0 Å². The number of halogens is 2. The number of anilines is 1. The first-order chi connectivity index (χ1) is 18.5. The van der Waals surface area contributed by atoms with Crippen LogP contribution in [0.25, 0.3) is 32.0 Å². The monoisotopic (exact) mass is 583 g/mol. The Balaban J connectivity index is 0.00000308. The number of carbonyl (C=O) groups is 1. The van der Waals surface area contributed by atoms with Crippen molar-refractivity contribution in [1.82, 2.24) is 9.88 Å². The number of thiazole rings is 1. The highest BCUT2D eigenvalue weighted by molar-refractivity contribution is 7.23. The Morgan fingerprint density at radius 1 is 1.10 bits per heavy atom. The molecule has 0 unspecified atom stereocenters. The third kappa shape index (κ3) is 5.40. The van der Waals surface area contributed by atoms with E-state index >= 15 is 0 Å². The average molecular weight is 585 g/mol. The fourth-order valence-electron chi connectivity index (χ4n) is 4.93. The zero-order valence-corrected chi connectivity index (χ0v) is 23.7. The molecule has 6 rings (SSSR count). The highest BCUT2D eigenvalue weighted by Gasteiger charge is 2.26. The van der Waals surface area contributed by atoms with Crippen LogP contribution in [0.5, 0.6) is 0 Å². The molecule has 7 nitrogen and oxygen atoms in total. The number of morpholine rings is 1. The summed E-state index contributed by atoms with van der Waals surface area (Å²) >= 11 is 7.84. The van der Waals surface area contributed by atoms with Gasteiger partial charge in [-0.15, -0.1) is 12.4 Å². The molecule has 5 aromatic rings. The smallest absolute Gasteiger partial charge is 0.349 e. The Morgan fingerprint density at radius 3 is 2.69 bits per heavy atom. The molecule has 0 bridgehead atoms. The summed E-state index contributed by atoms with van der Waals surface area (Å²) in [6, 6.07) is 16.9. The van der Waals surface area contributed by atoms with Gasteiger partial charge in [0.1, 0.15) is 11.1 Å². The van der Waals surface area contributed by atoms with Gasteiger partial charge in [0.05, 0.1) is 28.5 Å². The van der Waals surface area contributed by atoms with Crippen molar-refractivity contribution >= 4 is 78.3 Å². The maximum absolute atomic E-state index is 14.0. The van der Waals surface area contributed by atoms with Crippen molar-refractivity contribution in [1.29, 1.82) is 0 Å². The molecule has 39 heavy (non-hydrogen) atoms. The third-order valence-electron chi connectivity index (χ3n) is 6.99. The summed E-state index contributed by atoms with van der Waals surface area (Å²) in [4.78, 5) is 35.8. The lowest BCUT2D eigenvalue weighted by Crippen LogP contribution is -2.40. The van der Waals surface area contributed by atoms with Gasteiger partial charge < -0.3 is 9.15 Å². The van der Waals surface area contributed by atoms with E-state index in [1.165, 1.54) is 11.3 Å². The number of aromatic nitrogens is 1. The first-order valence-corrected chi connectivity index (χ1v) is 13.8. The Bertz CT molecular complexity index is 1690. The quantitative estimate of drug-likeness (QED) is 0.172. The summed E-state index contributed by atoms with van der Waals surface area (Å²) in [5, 5.41) is 3.75. The molecule has 1 aliphatic rings. The summed E-state index contributed by atoms with van der Waals surface area (Å²) in [5.74, 6) is -0.427. The molecule has 0 spiro atoms. The van der Waals surface area contributed by atoms with Crippen molar-refractivity contribution in [3.8, 4) is 0 Å². The lowest BCUT2D eigenvalue weighted by molar-refractivity contribution is 0.0376. The topological polar surface area (TPSA) is 75.9 Å². The molecule has 1 fully saturated rings. The maximum atomic E-state index is 14.0. The fourth-order valence-corrected chi connectivity index (χ4v) is 6.27. The lowest BCUT2D eigenvalue weighted by atomic mass is 10.0. The number of aryl methyl sites for hydroxylation is 1. The Hall–Kier alpha value is -3.01. The molecule has 3 aromatic carbocycles. The van der Waals surface area contributed by atoms with Crippen molar-refractivity contribution in [2.24, 2.45) is 0 Å². The predicted octanol–water partition coefficient (Wildman–Crippen LogP) is 6.31. The number of amides is 1. The van der Waals surface area contributed by atoms with E-state index in [0.29, 0.717) is 35.5 Å². The van der Waals surface area contributed by atoms with E-state index in [2.05, 4.69) is 4.90 Å². The minimum absolute atomic E-state index is 0. The molecule has 202 valence electrons. The van der Waals surface area contributed by atoms with Gasteiger partial charge >= 0.3 is 5.63 Å². The predicted molar refractivity (Wildman–Crippen MR) is 160 cm³/mol. The van der Waals surface area contributed by atoms with Gasteiger partial charge in [-0.2, -0.15) is 0 Å². The number of benzene rings is 3. The first kappa shape index (κ1) is 27.6. The van der Waals surface area contributed by atoms with Crippen LogP contribution in [0, 0.1) is 6.92 Å². The number of carbonyl (C=O) groups excluding carboxylic acids is 1. The van der Waals surface area contributed by atoms with Crippen LogP contribution in [-0.4, -0.2) is 55.2 Å². The van der Waals surface area contributed by atoms with Crippen molar-refractivity contribution < 1.29 is 13.9 Å². The maximum Gasteiger partial charge on any atom is 0.349 e. The number of fused-ring (bicyclic) bond motifs is 4. The van der Waals surface area contributed by atoms with Gasteiger partial charge in [-0.3, -0.25) is 14.6 Å². The van der Waals surface area contributed by atoms with Gasteiger partial charge in [0, 0.05) is 31.6 Å². The second-order valence-electron chi connectivity index (χ2n) is 9.45. The molecule has 0 atom stereocenters. The molecule has 0 aliphatic carbocycles. The number of rotatable bonds is 6. The molecule has 1 amide bonds. The highest BCUT2D eigenvalue weighted by Crippen LogP contribution is 2.36. The van der Waals surface area contributed by atoms with Gasteiger partial charge in [-0.1, -0.05) is 59.3 Å². The van der Waals surface area contributed by atoms with Gasteiger partial charge in [0.25, 0.3) is 5.91 Å². The zero-order valence-electron chi connectivity index (χ0n) is 21.3. The average Bonchev–Trinajstić information content (AvgIpc) is 3.39. The largest absolute Gasteiger partial charge is 0.422 e. The van der Waals surface area contributed by atoms with E-state index in [-0.39, 0.29) is 18.0 Å². The van der Waals surface area contributed by atoms with Crippen molar-refractivity contribution in [2.75, 3.05) is 44.3 Å².